The molecular formula is C17H27NOS. The van der Waals surface area contributed by atoms with E-state index in [0.717, 1.165) is 29.8 Å². The minimum absolute atomic E-state index is 0.261. The maximum Gasteiger partial charge on any atom is 0.0579 e. The number of nitrogens with one attached hydrogen (secondary N) is 1. The molecule has 112 valence electrons. The van der Waals surface area contributed by atoms with Crippen LogP contribution >= 0.6 is 0 Å². The molecular weight excluding hydrogens is 266 g/mol. The Hall–Kier alpha value is -0.670. The SMILES string of the molecule is CCNC1CCCCCCC1S(=O)c1ccccc1C. The first-order chi connectivity index (χ1) is 9.74. The van der Waals surface area contributed by atoms with E-state index in [1.807, 2.05) is 18.2 Å². The highest BCUT2D eigenvalue weighted by atomic mass is 32.2. The number of benzene rings is 1. The summed E-state index contributed by atoms with van der Waals surface area (Å²) in [6, 6.07) is 8.54. The van der Waals surface area contributed by atoms with Crippen LogP contribution in [0.1, 0.15) is 51.0 Å². The van der Waals surface area contributed by atoms with E-state index in [1.54, 1.807) is 0 Å². The van der Waals surface area contributed by atoms with Gasteiger partial charge in [-0.1, -0.05) is 50.8 Å². The molecule has 2 nitrogen and oxygen atoms in total. The van der Waals surface area contributed by atoms with E-state index in [2.05, 4.69) is 25.2 Å². The summed E-state index contributed by atoms with van der Waals surface area (Å²) in [5, 5.41) is 3.84. The van der Waals surface area contributed by atoms with Gasteiger partial charge in [-0.05, 0) is 37.9 Å². The van der Waals surface area contributed by atoms with Crippen LogP contribution < -0.4 is 5.32 Å². The van der Waals surface area contributed by atoms with Crippen molar-refractivity contribution in [3.05, 3.63) is 29.8 Å². The Balaban J connectivity index is 2.20. The first kappa shape index (κ1) is 15.7. The molecule has 1 aromatic carbocycles. The predicted molar refractivity (Wildman–Crippen MR) is 86.5 cm³/mol. The van der Waals surface area contributed by atoms with Gasteiger partial charge in [-0.25, -0.2) is 0 Å². The molecule has 0 heterocycles. The Morgan fingerprint density at radius 2 is 1.85 bits per heavy atom. The summed E-state index contributed by atoms with van der Waals surface area (Å²) < 4.78 is 13.0. The average Bonchev–Trinajstić information content (AvgIpc) is 2.42. The molecule has 0 saturated heterocycles. The molecule has 3 unspecified atom stereocenters. The van der Waals surface area contributed by atoms with Crippen LogP contribution in [0.4, 0.5) is 0 Å². The lowest BCUT2D eigenvalue weighted by molar-refractivity contribution is 0.400. The van der Waals surface area contributed by atoms with Gasteiger partial charge in [0.1, 0.15) is 0 Å². The first-order valence-electron chi connectivity index (χ1n) is 7.93. The van der Waals surface area contributed by atoms with Crippen LogP contribution in [0.3, 0.4) is 0 Å². The van der Waals surface area contributed by atoms with Crippen molar-refractivity contribution in [1.29, 1.82) is 0 Å². The molecule has 3 atom stereocenters. The zero-order chi connectivity index (χ0) is 14.4. The lowest BCUT2D eigenvalue weighted by Crippen LogP contribution is -2.42. The molecule has 20 heavy (non-hydrogen) atoms. The highest BCUT2D eigenvalue weighted by molar-refractivity contribution is 7.85. The van der Waals surface area contributed by atoms with Gasteiger partial charge in [-0.15, -0.1) is 0 Å². The Bertz CT molecular complexity index is 446. The second kappa shape index (κ2) is 7.94. The molecule has 0 radical (unpaired) electrons. The number of hydrogen-bond donors (Lipinski definition) is 1. The monoisotopic (exact) mass is 293 g/mol. The molecule has 0 aliphatic heterocycles. The molecule has 1 aliphatic carbocycles. The molecule has 0 spiro atoms. The van der Waals surface area contributed by atoms with Crippen LogP contribution in [0.15, 0.2) is 29.2 Å². The smallest absolute Gasteiger partial charge is 0.0579 e. The van der Waals surface area contributed by atoms with E-state index in [4.69, 9.17) is 0 Å². The Morgan fingerprint density at radius 3 is 2.55 bits per heavy atom. The first-order valence-corrected chi connectivity index (χ1v) is 9.15. The molecule has 1 N–H and O–H groups in total. The molecule has 3 heteroatoms. The number of aryl methyl sites for hydroxylation is 1. The van der Waals surface area contributed by atoms with Crippen LogP contribution in [0, 0.1) is 6.92 Å². The fraction of sp³-hybridized carbons (Fsp3) is 0.647. The third-order valence-corrected chi connectivity index (χ3v) is 6.26. The Kier molecular flexibility index (Phi) is 6.24. The van der Waals surface area contributed by atoms with Crippen molar-refractivity contribution in [3.63, 3.8) is 0 Å². The average molecular weight is 293 g/mol. The van der Waals surface area contributed by atoms with E-state index in [9.17, 15) is 4.21 Å². The lowest BCUT2D eigenvalue weighted by atomic mass is 9.96. The molecule has 1 fully saturated rings. The molecule has 0 bridgehead atoms. The van der Waals surface area contributed by atoms with Gasteiger partial charge in [-0.2, -0.15) is 0 Å². The third-order valence-electron chi connectivity index (χ3n) is 4.25. The maximum absolute atomic E-state index is 13.0. The minimum atomic E-state index is -0.894. The van der Waals surface area contributed by atoms with Crippen molar-refractivity contribution < 1.29 is 4.21 Å². The number of hydrogen-bond acceptors (Lipinski definition) is 2. The van der Waals surface area contributed by atoms with Gasteiger partial charge in [0, 0.05) is 10.9 Å². The molecule has 2 rings (SSSR count). The number of rotatable bonds is 4. The van der Waals surface area contributed by atoms with Gasteiger partial charge < -0.3 is 5.32 Å². The fourth-order valence-corrected chi connectivity index (χ4v) is 4.98. The Morgan fingerprint density at radius 1 is 1.15 bits per heavy atom. The summed E-state index contributed by atoms with van der Waals surface area (Å²) in [6.07, 6.45) is 7.34. The standard InChI is InChI=1S/C17H27NOS/c1-3-18-15-11-6-4-5-7-13-17(15)20(19)16-12-9-8-10-14(16)2/h8-10,12,15,17-18H,3-7,11,13H2,1-2H3. The van der Waals surface area contributed by atoms with Crippen molar-refractivity contribution in [3.8, 4) is 0 Å². The largest absolute Gasteiger partial charge is 0.313 e. The summed E-state index contributed by atoms with van der Waals surface area (Å²) in [5.74, 6) is 0. The van der Waals surface area contributed by atoms with Gasteiger partial charge in [0.25, 0.3) is 0 Å². The minimum Gasteiger partial charge on any atom is -0.313 e. The highest BCUT2D eigenvalue weighted by Gasteiger charge is 2.28. The highest BCUT2D eigenvalue weighted by Crippen LogP contribution is 2.26. The van der Waals surface area contributed by atoms with E-state index in [-0.39, 0.29) is 5.25 Å². The van der Waals surface area contributed by atoms with E-state index in [0.29, 0.717) is 6.04 Å². The second-order valence-electron chi connectivity index (χ2n) is 5.76. The summed E-state index contributed by atoms with van der Waals surface area (Å²) in [4.78, 5) is 1.03. The van der Waals surface area contributed by atoms with Crippen LogP contribution in [0.25, 0.3) is 0 Å². The summed E-state index contributed by atoms with van der Waals surface area (Å²) in [5.41, 5.74) is 1.16. The summed E-state index contributed by atoms with van der Waals surface area (Å²) in [7, 11) is -0.894. The van der Waals surface area contributed by atoms with Crippen molar-refractivity contribution in [2.24, 2.45) is 0 Å². The van der Waals surface area contributed by atoms with E-state index in [1.165, 1.54) is 25.7 Å². The molecule has 0 aromatic heterocycles. The predicted octanol–water partition coefficient (Wildman–Crippen LogP) is 3.80. The summed E-state index contributed by atoms with van der Waals surface area (Å²) in [6.45, 7) is 5.18. The molecule has 0 amide bonds. The topological polar surface area (TPSA) is 29.1 Å². The van der Waals surface area contributed by atoms with Crippen molar-refractivity contribution >= 4 is 10.8 Å². The van der Waals surface area contributed by atoms with E-state index < -0.39 is 10.8 Å². The third kappa shape index (κ3) is 3.92. The van der Waals surface area contributed by atoms with Gasteiger partial charge in [0.2, 0.25) is 0 Å². The van der Waals surface area contributed by atoms with Gasteiger partial charge >= 0.3 is 0 Å². The van der Waals surface area contributed by atoms with Crippen LogP contribution in [-0.2, 0) is 10.8 Å². The second-order valence-corrected chi connectivity index (χ2v) is 7.40. The summed E-state index contributed by atoms with van der Waals surface area (Å²) >= 11 is 0. The normalized spacial score (nSPS) is 25.7. The van der Waals surface area contributed by atoms with E-state index >= 15 is 0 Å². The van der Waals surface area contributed by atoms with Crippen LogP contribution in [0.2, 0.25) is 0 Å². The van der Waals surface area contributed by atoms with Crippen molar-refractivity contribution in [2.75, 3.05) is 6.54 Å². The Labute approximate surface area is 125 Å². The van der Waals surface area contributed by atoms with Crippen LogP contribution in [0.5, 0.6) is 0 Å². The fourth-order valence-electron chi connectivity index (χ4n) is 3.15. The van der Waals surface area contributed by atoms with Crippen LogP contribution in [-0.4, -0.2) is 22.0 Å². The van der Waals surface area contributed by atoms with Crippen molar-refractivity contribution in [2.45, 2.75) is 68.6 Å². The molecule has 1 saturated carbocycles. The molecule has 1 aromatic rings. The zero-order valence-corrected chi connectivity index (χ0v) is 13.5. The van der Waals surface area contributed by atoms with Gasteiger partial charge in [0.05, 0.1) is 16.0 Å². The zero-order valence-electron chi connectivity index (χ0n) is 12.7. The quantitative estimate of drug-likeness (QED) is 0.915. The molecule has 1 aliphatic rings. The lowest BCUT2D eigenvalue weighted by Gasteiger charge is -2.29. The van der Waals surface area contributed by atoms with Crippen molar-refractivity contribution in [1.82, 2.24) is 5.32 Å². The van der Waals surface area contributed by atoms with Gasteiger partial charge in [0.15, 0.2) is 0 Å². The van der Waals surface area contributed by atoms with Gasteiger partial charge in [-0.3, -0.25) is 4.21 Å². The maximum atomic E-state index is 13.0.